The molecule has 0 radical (unpaired) electrons. The summed E-state index contributed by atoms with van der Waals surface area (Å²) in [6.07, 6.45) is 2.17. The first-order chi connectivity index (χ1) is 10.3. The van der Waals surface area contributed by atoms with Crippen molar-refractivity contribution < 1.29 is 19.1 Å². The van der Waals surface area contributed by atoms with Crippen molar-refractivity contribution in [2.24, 2.45) is 0 Å². The summed E-state index contributed by atoms with van der Waals surface area (Å²) in [5.41, 5.74) is 1.23. The Morgan fingerprint density at radius 2 is 1.91 bits per heavy atom. The second kappa shape index (κ2) is 6.22. The lowest BCUT2D eigenvalue weighted by molar-refractivity contribution is -0.140. The van der Waals surface area contributed by atoms with Gasteiger partial charge in [0.05, 0.1) is 12.6 Å². The van der Waals surface area contributed by atoms with Crippen LogP contribution in [0.25, 0.3) is 10.9 Å². The van der Waals surface area contributed by atoms with Gasteiger partial charge in [0.1, 0.15) is 5.60 Å². The summed E-state index contributed by atoms with van der Waals surface area (Å²) in [5.74, 6) is -0.247. The van der Waals surface area contributed by atoms with Gasteiger partial charge in [0.25, 0.3) is 0 Å². The molecular weight excluding hydrogens is 282 g/mol. The number of hydrogen-bond acceptors (Lipinski definition) is 4. The first kappa shape index (κ1) is 16.1. The van der Waals surface area contributed by atoms with Crippen LogP contribution < -0.4 is 0 Å². The summed E-state index contributed by atoms with van der Waals surface area (Å²) in [4.78, 5) is 23.5. The topological polar surface area (TPSA) is 57.5 Å². The molecule has 118 valence electrons. The quantitative estimate of drug-likeness (QED) is 0.814. The Hall–Kier alpha value is -2.30. The van der Waals surface area contributed by atoms with E-state index < -0.39 is 11.7 Å². The van der Waals surface area contributed by atoms with Crippen molar-refractivity contribution in [3.63, 3.8) is 0 Å². The lowest BCUT2D eigenvalue weighted by Crippen LogP contribution is -2.26. The van der Waals surface area contributed by atoms with E-state index in [2.05, 4.69) is 4.74 Å². The molecule has 0 atom stereocenters. The van der Waals surface area contributed by atoms with Crippen molar-refractivity contribution in [2.75, 3.05) is 7.11 Å². The van der Waals surface area contributed by atoms with Crippen LogP contribution in [0.2, 0.25) is 0 Å². The predicted octanol–water partition coefficient (Wildman–Crippen LogP) is 3.53. The summed E-state index contributed by atoms with van der Waals surface area (Å²) >= 11 is 0. The summed E-state index contributed by atoms with van der Waals surface area (Å²) in [6, 6.07) is 7.55. The van der Waals surface area contributed by atoms with E-state index in [1.165, 1.54) is 11.7 Å². The number of carbonyl (C=O) groups is 2. The Labute approximate surface area is 129 Å². The number of methoxy groups -OCH3 is 1. The molecule has 0 amide bonds. The lowest BCUT2D eigenvalue weighted by Gasteiger charge is -2.19. The van der Waals surface area contributed by atoms with E-state index in [0.717, 1.165) is 16.5 Å². The Kier molecular flexibility index (Phi) is 4.54. The van der Waals surface area contributed by atoms with Gasteiger partial charge in [-0.1, -0.05) is 12.1 Å². The zero-order valence-corrected chi connectivity index (χ0v) is 13.4. The maximum Gasteiger partial charge on any atom is 0.418 e. The molecule has 1 heterocycles. The first-order valence-corrected chi connectivity index (χ1v) is 7.21. The number of esters is 1. The molecule has 0 fully saturated rings. The molecule has 0 aliphatic rings. The maximum absolute atomic E-state index is 12.2. The highest BCUT2D eigenvalue weighted by atomic mass is 16.6. The zero-order chi connectivity index (χ0) is 16.3. The zero-order valence-electron chi connectivity index (χ0n) is 13.4. The molecular formula is C17H21NO4. The molecule has 1 aromatic carbocycles. The van der Waals surface area contributed by atoms with Gasteiger partial charge in [-0.05, 0) is 44.9 Å². The summed E-state index contributed by atoms with van der Waals surface area (Å²) in [7, 11) is 1.38. The van der Waals surface area contributed by atoms with Crippen molar-refractivity contribution >= 4 is 23.0 Å². The van der Waals surface area contributed by atoms with Crippen LogP contribution in [0.1, 0.15) is 32.8 Å². The van der Waals surface area contributed by atoms with E-state index in [9.17, 15) is 9.59 Å². The highest BCUT2D eigenvalue weighted by Crippen LogP contribution is 2.23. The third kappa shape index (κ3) is 3.67. The Bertz CT molecular complexity index is 694. The second-order valence-electron chi connectivity index (χ2n) is 6.09. The molecule has 0 unspecified atom stereocenters. The van der Waals surface area contributed by atoms with Crippen molar-refractivity contribution in [3.05, 3.63) is 36.0 Å². The first-order valence-electron chi connectivity index (χ1n) is 7.21. The average molecular weight is 303 g/mol. The fraction of sp³-hybridized carbons (Fsp3) is 0.412. The third-order valence-electron chi connectivity index (χ3n) is 3.24. The van der Waals surface area contributed by atoms with E-state index in [1.54, 1.807) is 6.20 Å². The molecule has 2 rings (SSSR count). The number of hydrogen-bond donors (Lipinski definition) is 0. The SMILES string of the molecule is COC(=O)CCc1cccc2c1ccn2C(=O)OC(C)(C)C. The highest BCUT2D eigenvalue weighted by molar-refractivity contribution is 5.91. The third-order valence-corrected chi connectivity index (χ3v) is 3.24. The van der Waals surface area contributed by atoms with Crippen LogP contribution in [0.5, 0.6) is 0 Å². The minimum Gasteiger partial charge on any atom is -0.469 e. The minimum atomic E-state index is -0.545. The van der Waals surface area contributed by atoms with Crippen LogP contribution in [0.3, 0.4) is 0 Å². The number of aryl methyl sites for hydroxylation is 1. The van der Waals surface area contributed by atoms with E-state index in [4.69, 9.17) is 4.74 Å². The largest absolute Gasteiger partial charge is 0.469 e. The van der Waals surface area contributed by atoms with Crippen LogP contribution in [0.4, 0.5) is 4.79 Å². The monoisotopic (exact) mass is 303 g/mol. The predicted molar refractivity (Wildman–Crippen MR) is 83.9 cm³/mol. The molecule has 0 aliphatic heterocycles. The van der Waals surface area contributed by atoms with E-state index in [-0.39, 0.29) is 5.97 Å². The van der Waals surface area contributed by atoms with Crippen LogP contribution in [0, 0.1) is 0 Å². The van der Waals surface area contributed by atoms with Gasteiger partial charge in [-0.2, -0.15) is 0 Å². The Morgan fingerprint density at radius 3 is 2.55 bits per heavy atom. The fourth-order valence-corrected chi connectivity index (χ4v) is 2.26. The van der Waals surface area contributed by atoms with Gasteiger partial charge in [0.2, 0.25) is 0 Å². The Morgan fingerprint density at radius 1 is 1.18 bits per heavy atom. The van der Waals surface area contributed by atoms with E-state index in [0.29, 0.717) is 12.8 Å². The van der Waals surface area contributed by atoms with Crippen LogP contribution in [-0.4, -0.2) is 29.3 Å². The highest BCUT2D eigenvalue weighted by Gasteiger charge is 2.19. The molecule has 22 heavy (non-hydrogen) atoms. The molecule has 5 heteroatoms. The standard InChI is InChI=1S/C17H21NO4/c1-17(2,3)22-16(20)18-11-10-13-12(6-5-7-14(13)18)8-9-15(19)21-4/h5-7,10-11H,8-9H2,1-4H3. The summed E-state index contributed by atoms with van der Waals surface area (Å²) in [6.45, 7) is 5.50. The lowest BCUT2D eigenvalue weighted by atomic mass is 10.1. The van der Waals surface area contributed by atoms with Crippen molar-refractivity contribution in [1.29, 1.82) is 0 Å². The van der Waals surface area contributed by atoms with Crippen LogP contribution in [0.15, 0.2) is 30.5 Å². The molecule has 0 saturated carbocycles. The normalized spacial score (nSPS) is 11.5. The number of carbonyl (C=O) groups excluding carboxylic acids is 2. The number of aromatic nitrogens is 1. The smallest absolute Gasteiger partial charge is 0.418 e. The molecule has 5 nitrogen and oxygen atoms in total. The number of benzene rings is 1. The van der Waals surface area contributed by atoms with Gasteiger partial charge in [0.15, 0.2) is 0 Å². The molecule has 0 bridgehead atoms. The maximum atomic E-state index is 12.2. The fourth-order valence-electron chi connectivity index (χ4n) is 2.26. The summed E-state index contributed by atoms with van der Waals surface area (Å²) in [5, 5.41) is 0.942. The van der Waals surface area contributed by atoms with Crippen molar-refractivity contribution in [1.82, 2.24) is 4.57 Å². The second-order valence-corrected chi connectivity index (χ2v) is 6.09. The number of ether oxygens (including phenoxy) is 2. The van der Waals surface area contributed by atoms with E-state index in [1.807, 2.05) is 45.0 Å². The number of nitrogens with zero attached hydrogens (tertiary/aromatic N) is 1. The van der Waals surface area contributed by atoms with E-state index >= 15 is 0 Å². The molecule has 0 saturated heterocycles. The molecule has 0 N–H and O–H groups in total. The molecule has 0 spiro atoms. The Balaban J connectivity index is 2.29. The molecule has 2 aromatic rings. The van der Waals surface area contributed by atoms with Crippen LogP contribution in [-0.2, 0) is 20.7 Å². The van der Waals surface area contributed by atoms with Crippen molar-refractivity contribution in [3.8, 4) is 0 Å². The minimum absolute atomic E-state index is 0.247. The molecule has 1 aromatic heterocycles. The van der Waals surface area contributed by atoms with Gasteiger partial charge < -0.3 is 9.47 Å². The van der Waals surface area contributed by atoms with Gasteiger partial charge in [-0.25, -0.2) is 4.79 Å². The molecule has 0 aliphatic carbocycles. The summed E-state index contributed by atoms with van der Waals surface area (Å²) < 4.78 is 11.5. The van der Waals surface area contributed by atoms with Gasteiger partial charge in [-0.15, -0.1) is 0 Å². The van der Waals surface area contributed by atoms with Gasteiger partial charge >= 0.3 is 12.1 Å². The van der Waals surface area contributed by atoms with Gasteiger partial charge in [0, 0.05) is 18.0 Å². The van der Waals surface area contributed by atoms with Crippen LogP contribution >= 0.6 is 0 Å². The number of rotatable bonds is 3. The van der Waals surface area contributed by atoms with Crippen molar-refractivity contribution in [2.45, 2.75) is 39.2 Å². The average Bonchev–Trinajstić information content (AvgIpc) is 2.87. The van der Waals surface area contributed by atoms with Gasteiger partial charge in [-0.3, -0.25) is 9.36 Å². The number of fused-ring (bicyclic) bond motifs is 1.